The minimum atomic E-state index is 0.727. The summed E-state index contributed by atoms with van der Waals surface area (Å²) in [5.41, 5.74) is 0. The molecule has 0 saturated carbocycles. The molecule has 1 aromatic rings. The second kappa shape index (κ2) is 8.23. The van der Waals surface area contributed by atoms with Crippen LogP contribution in [-0.4, -0.2) is 24.1 Å². The molecule has 0 aliphatic carbocycles. The Balaban J connectivity index is 1.75. The van der Waals surface area contributed by atoms with Crippen LogP contribution < -0.4 is 5.32 Å². The maximum atomic E-state index is 3.69. The number of thioether (sulfide) groups is 1. The average molecular weight is 284 g/mol. The monoisotopic (exact) mass is 283 g/mol. The van der Waals surface area contributed by atoms with Crippen molar-refractivity contribution < 1.29 is 0 Å². The molecule has 1 fully saturated rings. The van der Waals surface area contributed by atoms with Gasteiger partial charge in [0.05, 0.1) is 0 Å². The number of thiophene rings is 1. The van der Waals surface area contributed by atoms with Gasteiger partial charge in [0.2, 0.25) is 0 Å². The zero-order chi connectivity index (χ0) is 12.6. The predicted octanol–water partition coefficient (Wildman–Crippen LogP) is 4.19. The van der Waals surface area contributed by atoms with Gasteiger partial charge in [-0.3, -0.25) is 0 Å². The smallest absolute Gasteiger partial charge is 0.00730 e. The molecule has 1 N–H and O–H groups in total. The van der Waals surface area contributed by atoms with Crippen molar-refractivity contribution in [2.45, 2.75) is 45.1 Å². The third-order valence-electron chi connectivity index (χ3n) is 3.77. The van der Waals surface area contributed by atoms with Crippen LogP contribution in [0.25, 0.3) is 0 Å². The molecular weight excluding hydrogens is 258 g/mol. The topological polar surface area (TPSA) is 12.0 Å². The van der Waals surface area contributed by atoms with Crippen LogP contribution in [0.5, 0.6) is 0 Å². The second-order valence-electron chi connectivity index (χ2n) is 5.16. The lowest BCUT2D eigenvalue weighted by Crippen LogP contribution is -2.32. The summed E-state index contributed by atoms with van der Waals surface area (Å²) in [5, 5.41) is 5.88. The van der Waals surface area contributed by atoms with Crippen molar-refractivity contribution in [2.75, 3.05) is 18.1 Å². The number of hydrogen-bond donors (Lipinski definition) is 1. The van der Waals surface area contributed by atoms with Gasteiger partial charge in [0.1, 0.15) is 0 Å². The lowest BCUT2D eigenvalue weighted by atomic mass is 9.92. The Labute approximate surface area is 120 Å². The van der Waals surface area contributed by atoms with E-state index in [2.05, 4.69) is 41.5 Å². The van der Waals surface area contributed by atoms with E-state index < -0.39 is 0 Å². The fraction of sp³-hybridized carbons (Fsp3) is 0.733. The number of nitrogens with one attached hydrogen (secondary N) is 1. The molecule has 18 heavy (non-hydrogen) atoms. The van der Waals surface area contributed by atoms with E-state index in [0.717, 1.165) is 18.5 Å². The SMILES string of the molecule is CCNC(CCc1cccs1)CC1CCSCC1. The summed E-state index contributed by atoms with van der Waals surface area (Å²) in [7, 11) is 0. The van der Waals surface area contributed by atoms with Gasteiger partial charge in [-0.1, -0.05) is 13.0 Å². The number of hydrogen-bond acceptors (Lipinski definition) is 3. The van der Waals surface area contributed by atoms with Gasteiger partial charge in [0.15, 0.2) is 0 Å². The molecule has 0 amide bonds. The lowest BCUT2D eigenvalue weighted by Gasteiger charge is -2.26. The van der Waals surface area contributed by atoms with E-state index in [0.29, 0.717) is 0 Å². The quantitative estimate of drug-likeness (QED) is 0.805. The van der Waals surface area contributed by atoms with Crippen molar-refractivity contribution in [1.82, 2.24) is 5.32 Å². The molecule has 1 unspecified atom stereocenters. The van der Waals surface area contributed by atoms with Crippen LogP contribution in [-0.2, 0) is 6.42 Å². The van der Waals surface area contributed by atoms with Crippen LogP contribution >= 0.6 is 23.1 Å². The molecule has 3 heteroatoms. The van der Waals surface area contributed by atoms with E-state index in [-0.39, 0.29) is 0 Å². The highest BCUT2D eigenvalue weighted by Crippen LogP contribution is 2.27. The number of rotatable bonds is 7. The largest absolute Gasteiger partial charge is 0.314 e. The summed E-state index contributed by atoms with van der Waals surface area (Å²) in [6.07, 6.45) is 6.81. The van der Waals surface area contributed by atoms with Gasteiger partial charge < -0.3 is 5.32 Å². The first kappa shape index (κ1) is 14.4. The fourth-order valence-corrected chi connectivity index (χ4v) is 4.68. The van der Waals surface area contributed by atoms with Crippen LogP contribution in [0, 0.1) is 5.92 Å². The number of aryl methyl sites for hydroxylation is 1. The third-order valence-corrected chi connectivity index (χ3v) is 5.76. The van der Waals surface area contributed by atoms with Crippen LogP contribution in [0.2, 0.25) is 0 Å². The molecule has 1 aromatic heterocycles. The maximum Gasteiger partial charge on any atom is 0.00730 e. The van der Waals surface area contributed by atoms with E-state index in [9.17, 15) is 0 Å². The second-order valence-corrected chi connectivity index (χ2v) is 7.42. The first-order valence-electron chi connectivity index (χ1n) is 7.22. The first-order chi connectivity index (χ1) is 8.88. The lowest BCUT2D eigenvalue weighted by molar-refractivity contribution is 0.355. The Kier molecular flexibility index (Phi) is 6.60. The molecule has 0 aromatic carbocycles. The summed E-state index contributed by atoms with van der Waals surface area (Å²) in [6, 6.07) is 5.16. The molecule has 0 spiro atoms. The van der Waals surface area contributed by atoms with E-state index in [4.69, 9.17) is 0 Å². The van der Waals surface area contributed by atoms with Crippen LogP contribution in [0.4, 0.5) is 0 Å². The zero-order valence-electron chi connectivity index (χ0n) is 11.4. The summed E-state index contributed by atoms with van der Waals surface area (Å²) in [4.78, 5) is 1.54. The van der Waals surface area contributed by atoms with Gasteiger partial charge in [-0.15, -0.1) is 11.3 Å². The van der Waals surface area contributed by atoms with E-state index in [1.54, 1.807) is 0 Å². The summed E-state index contributed by atoms with van der Waals surface area (Å²) >= 11 is 4.03. The highest BCUT2D eigenvalue weighted by atomic mass is 32.2. The van der Waals surface area contributed by atoms with Crippen LogP contribution in [0.15, 0.2) is 17.5 Å². The molecule has 1 atom stereocenters. The van der Waals surface area contributed by atoms with Gasteiger partial charge in [0, 0.05) is 10.9 Å². The summed E-state index contributed by atoms with van der Waals surface area (Å²) in [6.45, 7) is 3.34. The molecule has 1 aliphatic heterocycles. The maximum absolute atomic E-state index is 3.69. The minimum absolute atomic E-state index is 0.727. The molecular formula is C15H25NS2. The fourth-order valence-electron chi connectivity index (χ4n) is 2.75. The van der Waals surface area contributed by atoms with E-state index in [1.165, 1.54) is 48.5 Å². The molecule has 102 valence electrons. The summed E-state index contributed by atoms with van der Waals surface area (Å²) < 4.78 is 0. The highest BCUT2D eigenvalue weighted by Gasteiger charge is 2.18. The molecule has 1 nitrogen and oxygen atoms in total. The van der Waals surface area contributed by atoms with Gasteiger partial charge in [0.25, 0.3) is 0 Å². The van der Waals surface area contributed by atoms with Gasteiger partial charge in [-0.05, 0) is 67.5 Å². The molecule has 0 bridgehead atoms. The third kappa shape index (κ3) is 4.94. The van der Waals surface area contributed by atoms with Gasteiger partial charge >= 0.3 is 0 Å². The van der Waals surface area contributed by atoms with Crippen LogP contribution in [0.3, 0.4) is 0 Å². The Morgan fingerprint density at radius 2 is 2.22 bits per heavy atom. The van der Waals surface area contributed by atoms with E-state index in [1.807, 2.05) is 11.3 Å². The first-order valence-corrected chi connectivity index (χ1v) is 9.25. The Hall–Kier alpha value is 0.01000. The minimum Gasteiger partial charge on any atom is -0.314 e. The van der Waals surface area contributed by atoms with Gasteiger partial charge in [-0.2, -0.15) is 11.8 Å². The Bertz CT molecular complexity index is 304. The normalized spacial score (nSPS) is 18.9. The van der Waals surface area contributed by atoms with Crippen molar-refractivity contribution in [1.29, 1.82) is 0 Å². The average Bonchev–Trinajstić information content (AvgIpc) is 2.91. The molecule has 1 saturated heterocycles. The standard InChI is InChI=1S/C15H25NS2/c1-2-16-14(5-6-15-4-3-9-18-15)12-13-7-10-17-11-8-13/h3-4,9,13-14,16H,2,5-8,10-12H2,1H3. The van der Waals surface area contributed by atoms with Crippen molar-refractivity contribution in [3.63, 3.8) is 0 Å². The van der Waals surface area contributed by atoms with Crippen molar-refractivity contribution in [2.24, 2.45) is 5.92 Å². The van der Waals surface area contributed by atoms with Crippen molar-refractivity contribution in [3.8, 4) is 0 Å². The van der Waals surface area contributed by atoms with Crippen LogP contribution in [0.1, 0.15) is 37.5 Å². The summed E-state index contributed by atoms with van der Waals surface area (Å²) in [5.74, 6) is 3.74. The van der Waals surface area contributed by atoms with Gasteiger partial charge in [-0.25, -0.2) is 0 Å². The Morgan fingerprint density at radius 1 is 1.39 bits per heavy atom. The highest BCUT2D eigenvalue weighted by molar-refractivity contribution is 7.99. The molecule has 2 heterocycles. The zero-order valence-corrected chi connectivity index (χ0v) is 13.0. The molecule has 0 radical (unpaired) electrons. The Morgan fingerprint density at radius 3 is 2.89 bits per heavy atom. The predicted molar refractivity (Wildman–Crippen MR) is 84.8 cm³/mol. The molecule has 1 aliphatic rings. The van der Waals surface area contributed by atoms with Crippen molar-refractivity contribution >= 4 is 23.1 Å². The van der Waals surface area contributed by atoms with E-state index >= 15 is 0 Å². The molecule has 2 rings (SSSR count). The van der Waals surface area contributed by atoms with Crippen molar-refractivity contribution in [3.05, 3.63) is 22.4 Å².